The molecule has 3 rings (SSSR count). The zero-order chi connectivity index (χ0) is 14.3. The second-order valence-corrected chi connectivity index (χ2v) is 5.86. The van der Waals surface area contributed by atoms with Crippen molar-refractivity contribution in [3.63, 3.8) is 0 Å². The maximum absolute atomic E-state index is 11.2. The van der Waals surface area contributed by atoms with Gasteiger partial charge in [-0.15, -0.1) is 16.4 Å². The van der Waals surface area contributed by atoms with Crippen molar-refractivity contribution >= 4 is 39.3 Å². The molecule has 0 amide bonds. The molecule has 102 valence electrons. The first-order valence-electron chi connectivity index (χ1n) is 5.45. The first-order chi connectivity index (χ1) is 9.58. The minimum Gasteiger partial charge on any atom is -0.477 e. The van der Waals surface area contributed by atoms with Crippen LogP contribution in [0.3, 0.4) is 0 Å². The van der Waals surface area contributed by atoms with Crippen molar-refractivity contribution in [2.75, 3.05) is 0 Å². The molecule has 10 heteroatoms. The number of carboxylic acids is 1. The standard InChI is InChI=1S/C10H8N6O2S2/c1-4-5-7(19-6(4)9(17)18)11-3-12-8(5)20-10-13-14-15-16(10)2/h3H,1-2H3,(H,17,18). The van der Waals surface area contributed by atoms with E-state index in [1.165, 1.54) is 22.8 Å². The highest BCUT2D eigenvalue weighted by Gasteiger charge is 2.20. The number of carbonyl (C=O) groups is 1. The predicted octanol–water partition coefficient (Wildman–Crippen LogP) is 1.37. The smallest absolute Gasteiger partial charge is 0.346 e. The Labute approximate surface area is 120 Å². The van der Waals surface area contributed by atoms with Gasteiger partial charge in [0, 0.05) is 12.4 Å². The fraction of sp³-hybridized carbons (Fsp3) is 0.200. The van der Waals surface area contributed by atoms with E-state index >= 15 is 0 Å². The van der Waals surface area contributed by atoms with Crippen LogP contribution in [0.4, 0.5) is 0 Å². The van der Waals surface area contributed by atoms with Crippen LogP contribution < -0.4 is 0 Å². The van der Waals surface area contributed by atoms with Gasteiger partial charge in [-0.2, -0.15) is 0 Å². The zero-order valence-corrected chi connectivity index (χ0v) is 12.1. The Bertz CT molecular complexity index is 811. The SMILES string of the molecule is Cc1c(C(=O)O)sc2ncnc(Sc3nnnn3C)c12. The van der Waals surface area contributed by atoms with Gasteiger partial charge in [0.25, 0.3) is 0 Å². The van der Waals surface area contributed by atoms with E-state index in [0.717, 1.165) is 16.7 Å². The van der Waals surface area contributed by atoms with E-state index in [9.17, 15) is 9.90 Å². The fourth-order valence-corrected chi connectivity index (χ4v) is 3.64. The molecule has 0 saturated carbocycles. The van der Waals surface area contributed by atoms with Crippen LogP contribution in [0.5, 0.6) is 0 Å². The van der Waals surface area contributed by atoms with Crippen molar-refractivity contribution in [2.45, 2.75) is 17.1 Å². The van der Waals surface area contributed by atoms with E-state index < -0.39 is 5.97 Å². The summed E-state index contributed by atoms with van der Waals surface area (Å²) in [5.74, 6) is -0.957. The summed E-state index contributed by atoms with van der Waals surface area (Å²) in [5.41, 5.74) is 0.663. The summed E-state index contributed by atoms with van der Waals surface area (Å²) in [6.07, 6.45) is 1.41. The lowest BCUT2D eigenvalue weighted by Crippen LogP contribution is -1.95. The second kappa shape index (κ2) is 4.80. The molecule has 0 atom stereocenters. The highest BCUT2D eigenvalue weighted by molar-refractivity contribution is 7.99. The van der Waals surface area contributed by atoms with Gasteiger partial charge < -0.3 is 5.11 Å². The first-order valence-corrected chi connectivity index (χ1v) is 7.09. The Morgan fingerprint density at radius 1 is 1.45 bits per heavy atom. The molecule has 1 N–H and O–H groups in total. The predicted molar refractivity (Wildman–Crippen MR) is 72.0 cm³/mol. The highest BCUT2D eigenvalue weighted by Crippen LogP contribution is 2.36. The van der Waals surface area contributed by atoms with Gasteiger partial charge in [-0.1, -0.05) is 0 Å². The van der Waals surface area contributed by atoms with Gasteiger partial charge in [-0.25, -0.2) is 19.4 Å². The third kappa shape index (κ3) is 2.02. The summed E-state index contributed by atoms with van der Waals surface area (Å²) in [5, 5.41) is 22.3. The average molecular weight is 308 g/mol. The molecule has 20 heavy (non-hydrogen) atoms. The van der Waals surface area contributed by atoms with Gasteiger partial charge in [0.2, 0.25) is 5.16 Å². The Hall–Kier alpha value is -2.07. The number of aromatic carboxylic acids is 1. The average Bonchev–Trinajstić information content (AvgIpc) is 2.95. The monoisotopic (exact) mass is 308 g/mol. The molecule has 0 aliphatic heterocycles. The first kappa shape index (κ1) is 12.9. The number of tetrazole rings is 1. The number of aromatic nitrogens is 6. The molecule has 0 aromatic carbocycles. The van der Waals surface area contributed by atoms with E-state index in [1.54, 1.807) is 14.0 Å². The minimum atomic E-state index is -0.957. The number of rotatable bonds is 3. The van der Waals surface area contributed by atoms with E-state index in [2.05, 4.69) is 25.5 Å². The Morgan fingerprint density at radius 2 is 2.25 bits per heavy atom. The van der Waals surface area contributed by atoms with Gasteiger partial charge in [0.15, 0.2) is 0 Å². The fourth-order valence-electron chi connectivity index (χ4n) is 1.71. The lowest BCUT2D eigenvalue weighted by Gasteiger charge is -2.01. The van der Waals surface area contributed by atoms with Crippen LogP contribution in [-0.4, -0.2) is 41.3 Å². The maximum Gasteiger partial charge on any atom is 0.346 e. The van der Waals surface area contributed by atoms with Gasteiger partial charge in [0.1, 0.15) is 21.1 Å². The summed E-state index contributed by atoms with van der Waals surface area (Å²) in [6, 6.07) is 0. The number of aryl methyl sites for hydroxylation is 2. The Kier molecular flexibility index (Phi) is 3.10. The van der Waals surface area contributed by atoms with Crippen LogP contribution >= 0.6 is 23.1 Å². The molecule has 0 radical (unpaired) electrons. The molecule has 3 aromatic heterocycles. The van der Waals surface area contributed by atoms with Crippen molar-refractivity contribution in [1.29, 1.82) is 0 Å². The zero-order valence-electron chi connectivity index (χ0n) is 10.4. The van der Waals surface area contributed by atoms with Crippen molar-refractivity contribution in [3.8, 4) is 0 Å². The normalized spacial score (nSPS) is 11.1. The molecule has 3 heterocycles. The maximum atomic E-state index is 11.2. The van der Waals surface area contributed by atoms with Crippen LogP contribution in [0, 0.1) is 6.92 Å². The molecule has 0 aliphatic carbocycles. The summed E-state index contributed by atoms with van der Waals surface area (Å²) in [6.45, 7) is 1.75. The third-order valence-corrected chi connectivity index (χ3v) is 4.87. The summed E-state index contributed by atoms with van der Waals surface area (Å²) in [4.78, 5) is 20.5. The van der Waals surface area contributed by atoms with Crippen LogP contribution in [0.1, 0.15) is 15.2 Å². The van der Waals surface area contributed by atoms with Gasteiger partial charge in [-0.05, 0) is 34.7 Å². The topological polar surface area (TPSA) is 107 Å². The van der Waals surface area contributed by atoms with Crippen LogP contribution in [-0.2, 0) is 7.05 Å². The number of hydrogen-bond donors (Lipinski definition) is 1. The molecule has 8 nitrogen and oxygen atoms in total. The molecular formula is C10H8N6O2S2. The third-order valence-electron chi connectivity index (χ3n) is 2.66. The van der Waals surface area contributed by atoms with Gasteiger partial charge >= 0.3 is 5.97 Å². The lowest BCUT2D eigenvalue weighted by molar-refractivity contribution is 0.0701. The highest BCUT2D eigenvalue weighted by atomic mass is 32.2. The van der Waals surface area contributed by atoms with Crippen molar-refractivity contribution in [1.82, 2.24) is 30.2 Å². The molecule has 0 spiro atoms. The molecule has 0 saturated heterocycles. The largest absolute Gasteiger partial charge is 0.477 e. The van der Waals surface area contributed by atoms with E-state index in [-0.39, 0.29) is 4.88 Å². The quantitative estimate of drug-likeness (QED) is 0.723. The minimum absolute atomic E-state index is 0.276. The van der Waals surface area contributed by atoms with E-state index in [1.807, 2.05) is 0 Å². The molecule has 3 aromatic rings. The molecule has 0 fully saturated rings. The second-order valence-electron chi connectivity index (χ2n) is 3.91. The van der Waals surface area contributed by atoms with E-state index in [4.69, 9.17) is 0 Å². The Balaban J connectivity index is 2.16. The van der Waals surface area contributed by atoms with Gasteiger partial charge in [-0.3, -0.25) is 0 Å². The van der Waals surface area contributed by atoms with Crippen molar-refractivity contribution < 1.29 is 9.90 Å². The summed E-state index contributed by atoms with van der Waals surface area (Å²) < 4.78 is 1.53. The number of fused-ring (bicyclic) bond motifs is 1. The number of carboxylic acid groups (broad SMARTS) is 1. The summed E-state index contributed by atoms with van der Waals surface area (Å²) >= 11 is 2.42. The Morgan fingerprint density at radius 3 is 2.90 bits per heavy atom. The molecular weight excluding hydrogens is 300 g/mol. The van der Waals surface area contributed by atoms with Crippen LogP contribution in [0.25, 0.3) is 10.2 Å². The van der Waals surface area contributed by atoms with Crippen LogP contribution in [0.15, 0.2) is 16.5 Å². The van der Waals surface area contributed by atoms with Crippen molar-refractivity contribution in [2.24, 2.45) is 7.05 Å². The van der Waals surface area contributed by atoms with Crippen molar-refractivity contribution in [3.05, 3.63) is 16.8 Å². The number of nitrogens with zero attached hydrogens (tertiary/aromatic N) is 6. The number of thiophene rings is 1. The summed E-state index contributed by atoms with van der Waals surface area (Å²) in [7, 11) is 1.73. The molecule has 0 bridgehead atoms. The number of hydrogen-bond acceptors (Lipinski definition) is 8. The molecule has 0 unspecified atom stereocenters. The van der Waals surface area contributed by atoms with Crippen LogP contribution in [0.2, 0.25) is 0 Å². The van der Waals surface area contributed by atoms with Gasteiger partial charge in [0.05, 0.1) is 0 Å². The molecule has 0 aliphatic rings. The lowest BCUT2D eigenvalue weighted by atomic mass is 10.2. The van der Waals surface area contributed by atoms with E-state index in [0.29, 0.717) is 20.6 Å².